The van der Waals surface area contributed by atoms with E-state index in [0.717, 1.165) is 16.7 Å². The van der Waals surface area contributed by atoms with E-state index in [-0.39, 0.29) is 11.7 Å². The quantitative estimate of drug-likeness (QED) is 0.776. The largest absolute Gasteiger partial charge is 0.478 e. The molecule has 0 bridgehead atoms. The van der Waals surface area contributed by atoms with E-state index in [1.54, 1.807) is 12.1 Å². The molecule has 3 aromatic rings. The third kappa shape index (κ3) is 3.20. The first-order chi connectivity index (χ1) is 10.2. The highest BCUT2D eigenvalue weighted by Gasteiger charge is 2.08. The number of carbonyl (C=O) groups excluding carboxylic acids is 2. The second kappa shape index (κ2) is 6.27. The van der Waals surface area contributed by atoms with E-state index in [1.807, 2.05) is 24.3 Å². The van der Waals surface area contributed by atoms with Crippen molar-refractivity contribution < 1.29 is 23.9 Å². The van der Waals surface area contributed by atoms with Crippen LogP contribution in [0.25, 0.3) is 22.6 Å². The van der Waals surface area contributed by atoms with E-state index in [4.69, 9.17) is 19.1 Å². The number of hydrogen-bond acceptors (Lipinski definition) is 5. The first-order valence-electron chi connectivity index (χ1n) is 5.84. The molecule has 1 heterocycles. The van der Waals surface area contributed by atoms with Gasteiger partial charge in [0.2, 0.25) is 5.89 Å². The van der Waals surface area contributed by atoms with E-state index >= 15 is 0 Å². The number of rotatable bonds is 2. The molecule has 0 amide bonds. The molecule has 3 rings (SSSR count). The van der Waals surface area contributed by atoms with Gasteiger partial charge in [0.05, 0.1) is 5.56 Å². The molecule has 0 saturated carbocycles. The summed E-state index contributed by atoms with van der Waals surface area (Å²) in [6, 6.07) is 13.9. The Bertz CT molecular complexity index is 765. The molecule has 0 unspecified atom stereocenters. The van der Waals surface area contributed by atoms with Crippen LogP contribution in [-0.2, 0) is 9.59 Å². The van der Waals surface area contributed by atoms with Gasteiger partial charge in [-0.1, -0.05) is 12.1 Å². The normalized spacial score (nSPS) is 9.52. The molecule has 104 valence electrons. The molecular weight excluding hydrogens is 274 g/mol. The smallest absolute Gasteiger partial charge is 0.373 e. The number of oxazole rings is 1. The fourth-order valence-electron chi connectivity index (χ4n) is 1.75. The summed E-state index contributed by atoms with van der Waals surface area (Å²) in [6.45, 7) is 0. The van der Waals surface area contributed by atoms with E-state index in [2.05, 4.69) is 4.98 Å². The second-order valence-electron chi connectivity index (χ2n) is 3.95. The van der Waals surface area contributed by atoms with Crippen LogP contribution in [0.15, 0.2) is 52.9 Å². The van der Waals surface area contributed by atoms with Crippen molar-refractivity contribution in [2.45, 2.75) is 0 Å². The zero-order chi connectivity index (χ0) is 15.2. The van der Waals surface area contributed by atoms with Crippen LogP contribution in [0, 0.1) is 0 Å². The number of carboxylic acid groups (broad SMARTS) is 1. The van der Waals surface area contributed by atoms with Gasteiger partial charge in [0, 0.05) is 5.56 Å². The van der Waals surface area contributed by atoms with Crippen LogP contribution in [0.2, 0.25) is 0 Å². The summed E-state index contributed by atoms with van der Waals surface area (Å²) in [5.41, 5.74) is 2.51. The van der Waals surface area contributed by atoms with Crippen LogP contribution in [0.5, 0.6) is 0 Å². The Labute approximate surface area is 118 Å². The first kappa shape index (κ1) is 14.2. The van der Waals surface area contributed by atoms with Crippen LogP contribution in [0.4, 0.5) is 0 Å². The van der Waals surface area contributed by atoms with E-state index < -0.39 is 5.97 Å². The number of carbonyl (C=O) groups is 1. The Morgan fingerprint density at radius 3 is 2.24 bits per heavy atom. The van der Waals surface area contributed by atoms with Gasteiger partial charge in [-0.15, -0.1) is 0 Å². The van der Waals surface area contributed by atoms with Crippen LogP contribution >= 0.6 is 0 Å². The highest BCUT2D eigenvalue weighted by Crippen LogP contribution is 2.24. The van der Waals surface area contributed by atoms with Crippen molar-refractivity contribution in [2.75, 3.05) is 0 Å². The van der Waals surface area contributed by atoms with Crippen molar-refractivity contribution in [3.8, 4) is 11.5 Å². The number of carboxylic acids is 1. The fraction of sp³-hybridized carbons (Fsp3) is 0. The number of para-hydroxylation sites is 2. The van der Waals surface area contributed by atoms with Gasteiger partial charge < -0.3 is 9.52 Å². The van der Waals surface area contributed by atoms with Crippen LogP contribution in [0.1, 0.15) is 10.4 Å². The Kier molecular flexibility index (Phi) is 4.23. The molecule has 21 heavy (non-hydrogen) atoms. The number of aromatic nitrogens is 1. The Hall–Kier alpha value is -3.24. The minimum absolute atomic E-state index is 0.245. The fourth-order valence-corrected chi connectivity index (χ4v) is 1.75. The molecule has 0 radical (unpaired) electrons. The highest BCUT2D eigenvalue weighted by atomic mass is 16.4. The summed E-state index contributed by atoms with van der Waals surface area (Å²) in [4.78, 5) is 31.3. The lowest BCUT2D eigenvalue weighted by Gasteiger charge is -1.96. The SMILES string of the molecule is O=C(O)c1ccc(-c2nc3ccccc3o2)cc1.O=C=O. The summed E-state index contributed by atoms with van der Waals surface area (Å²) in [5.74, 6) is -0.452. The van der Waals surface area contributed by atoms with Crippen LogP contribution in [-0.4, -0.2) is 22.2 Å². The van der Waals surface area contributed by atoms with Crippen molar-refractivity contribution in [1.29, 1.82) is 0 Å². The van der Waals surface area contributed by atoms with Crippen molar-refractivity contribution in [2.24, 2.45) is 0 Å². The molecule has 0 aliphatic carbocycles. The van der Waals surface area contributed by atoms with Crippen molar-refractivity contribution in [3.63, 3.8) is 0 Å². The predicted octanol–water partition coefficient (Wildman–Crippen LogP) is 2.61. The summed E-state index contributed by atoms with van der Waals surface area (Å²) >= 11 is 0. The maximum Gasteiger partial charge on any atom is 0.373 e. The monoisotopic (exact) mass is 283 g/mol. The van der Waals surface area contributed by atoms with Gasteiger partial charge in [-0.2, -0.15) is 9.59 Å². The Morgan fingerprint density at radius 1 is 1.05 bits per heavy atom. The van der Waals surface area contributed by atoms with E-state index in [1.165, 1.54) is 12.1 Å². The molecule has 0 spiro atoms. The van der Waals surface area contributed by atoms with E-state index in [9.17, 15) is 4.79 Å². The lowest BCUT2D eigenvalue weighted by atomic mass is 10.1. The van der Waals surface area contributed by atoms with Gasteiger partial charge >= 0.3 is 12.1 Å². The zero-order valence-corrected chi connectivity index (χ0v) is 10.6. The molecule has 0 aliphatic heterocycles. The van der Waals surface area contributed by atoms with E-state index in [0.29, 0.717) is 5.89 Å². The minimum atomic E-state index is -0.945. The topological polar surface area (TPSA) is 97.5 Å². The minimum Gasteiger partial charge on any atom is -0.478 e. The van der Waals surface area contributed by atoms with Gasteiger partial charge in [0.1, 0.15) is 5.52 Å². The van der Waals surface area contributed by atoms with Gasteiger partial charge in [0.15, 0.2) is 5.58 Å². The van der Waals surface area contributed by atoms with Gasteiger partial charge in [-0.05, 0) is 36.4 Å². The lowest BCUT2D eigenvalue weighted by molar-refractivity contribution is -0.191. The average molecular weight is 283 g/mol. The van der Waals surface area contributed by atoms with Crippen molar-refractivity contribution in [1.82, 2.24) is 4.98 Å². The molecule has 0 saturated heterocycles. The standard InChI is InChI=1S/C14H9NO3.CO2/c16-14(17)10-7-5-9(6-8-10)13-15-11-3-1-2-4-12(11)18-13;2-1-3/h1-8H,(H,16,17);. The molecule has 6 heteroatoms. The maximum absolute atomic E-state index is 10.8. The van der Waals surface area contributed by atoms with Crippen LogP contribution < -0.4 is 0 Å². The van der Waals surface area contributed by atoms with Crippen LogP contribution in [0.3, 0.4) is 0 Å². The molecule has 0 atom stereocenters. The zero-order valence-electron chi connectivity index (χ0n) is 10.6. The average Bonchev–Trinajstić information content (AvgIpc) is 2.92. The molecule has 6 nitrogen and oxygen atoms in total. The summed E-state index contributed by atoms with van der Waals surface area (Å²) in [7, 11) is 0. The summed E-state index contributed by atoms with van der Waals surface area (Å²) in [5, 5.41) is 8.82. The number of hydrogen-bond donors (Lipinski definition) is 1. The number of aromatic carboxylic acids is 1. The summed E-state index contributed by atoms with van der Waals surface area (Å²) < 4.78 is 5.60. The lowest BCUT2D eigenvalue weighted by Crippen LogP contribution is -1.94. The summed E-state index contributed by atoms with van der Waals surface area (Å²) in [6.07, 6.45) is 0.250. The van der Waals surface area contributed by atoms with Gasteiger partial charge in [-0.3, -0.25) is 0 Å². The molecule has 2 aromatic carbocycles. The Morgan fingerprint density at radius 2 is 1.67 bits per heavy atom. The number of fused-ring (bicyclic) bond motifs is 1. The molecule has 0 fully saturated rings. The van der Waals surface area contributed by atoms with Gasteiger partial charge in [0.25, 0.3) is 0 Å². The molecular formula is C15H9NO5. The third-order valence-corrected chi connectivity index (χ3v) is 2.67. The predicted molar refractivity (Wildman–Crippen MR) is 71.4 cm³/mol. The first-order valence-corrected chi connectivity index (χ1v) is 5.84. The third-order valence-electron chi connectivity index (χ3n) is 2.67. The van der Waals surface area contributed by atoms with Crippen molar-refractivity contribution in [3.05, 3.63) is 54.1 Å². The molecule has 1 aromatic heterocycles. The second-order valence-corrected chi connectivity index (χ2v) is 3.95. The van der Waals surface area contributed by atoms with Gasteiger partial charge in [-0.25, -0.2) is 9.78 Å². The maximum atomic E-state index is 10.8. The highest BCUT2D eigenvalue weighted by molar-refractivity contribution is 5.88. The van der Waals surface area contributed by atoms with Crippen molar-refractivity contribution >= 4 is 23.2 Å². The number of benzene rings is 2. The Balaban J connectivity index is 0.000000497. The number of nitrogens with zero attached hydrogens (tertiary/aromatic N) is 1. The molecule has 0 aliphatic rings. The molecule has 1 N–H and O–H groups in total.